The van der Waals surface area contributed by atoms with Crippen molar-refractivity contribution in [2.24, 2.45) is 11.7 Å². The highest BCUT2D eigenvalue weighted by Crippen LogP contribution is 2.41. The van der Waals surface area contributed by atoms with Crippen LogP contribution in [0.5, 0.6) is 0 Å². The van der Waals surface area contributed by atoms with Crippen LogP contribution in [0, 0.1) is 5.92 Å². The highest BCUT2D eigenvalue weighted by molar-refractivity contribution is 8.00. The average Bonchev–Trinajstić information content (AvgIpc) is 3.24. The maximum atomic E-state index is 11.6. The molecule has 1 saturated heterocycles. The van der Waals surface area contributed by atoms with E-state index in [9.17, 15) is 4.79 Å². The van der Waals surface area contributed by atoms with E-state index in [4.69, 9.17) is 15.0 Å². The van der Waals surface area contributed by atoms with E-state index in [2.05, 4.69) is 0 Å². The Morgan fingerprint density at radius 2 is 1.87 bits per heavy atom. The molecule has 0 radical (unpaired) electrons. The van der Waals surface area contributed by atoms with E-state index in [1.165, 1.54) is 0 Å². The zero-order chi connectivity index (χ0) is 16.8. The maximum Gasteiger partial charge on any atom is 0.494 e. The van der Waals surface area contributed by atoms with Gasteiger partial charge in [-0.25, -0.2) is 0 Å². The molecule has 1 unspecified atom stereocenters. The second-order valence-electron chi connectivity index (χ2n) is 7.44. The topological polar surface area (TPSA) is 61.5 Å². The summed E-state index contributed by atoms with van der Waals surface area (Å²) in [4.78, 5) is 12.7. The third-order valence-electron chi connectivity index (χ3n) is 4.98. The van der Waals surface area contributed by atoms with Gasteiger partial charge in [0.25, 0.3) is 0 Å². The lowest BCUT2D eigenvalue weighted by molar-refractivity contribution is -0.117. The molecule has 1 aromatic carbocycles. The van der Waals surface area contributed by atoms with E-state index < -0.39 is 0 Å². The molecule has 2 aliphatic rings. The summed E-state index contributed by atoms with van der Waals surface area (Å²) in [5, 5.41) is -0.136. The number of rotatable bonds is 5. The molecule has 6 heteroatoms. The predicted octanol–water partition coefficient (Wildman–Crippen LogP) is 2.34. The molecule has 4 nitrogen and oxygen atoms in total. The lowest BCUT2D eigenvalue weighted by Gasteiger charge is -2.32. The summed E-state index contributed by atoms with van der Waals surface area (Å²) < 4.78 is 12.2. The molecule has 2 N–H and O–H groups in total. The van der Waals surface area contributed by atoms with Crippen LogP contribution in [0.1, 0.15) is 40.5 Å². The van der Waals surface area contributed by atoms with E-state index in [0.717, 1.165) is 23.2 Å². The Morgan fingerprint density at radius 3 is 2.39 bits per heavy atom. The van der Waals surface area contributed by atoms with Crippen LogP contribution < -0.4 is 11.2 Å². The van der Waals surface area contributed by atoms with Crippen LogP contribution in [0.15, 0.2) is 29.2 Å². The molecule has 0 spiro atoms. The SMILES string of the molecule is CC1(C)OB(c2cccc(SC(C(N)=O)C3CC3)c2)OC1(C)C. The first-order chi connectivity index (χ1) is 10.7. The smallest absolute Gasteiger partial charge is 0.399 e. The molecule has 0 aromatic heterocycles. The normalized spacial score (nSPS) is 23.7. The third-order valence-corrected chi connectivity index (χ3v) is 6.37. The van der Waals surface area contributed by atoms with E-state index >= 15 is 0 Å². The van der Waals surface area contributed by atoms with Crippen molar-refractivity contribution in [2.45, 2.75) is 61.9 Å². The molecular formula is C17H24BNO3S. The molecule has 1 heterocycles. The lowest BCUT2D eigenvalue weighted by Crippen LogP contribution is -2.41. The van der Waals surface area contributed by atoms with Gasteiger partial charge in [0.15, 0.2) is 0 Å². The number of carbonyl (C=O) groups excluding carboxylic acids is 1. The van der Waals surface area contributed by atoms with E-state index in [1.807, 2.05) is 52.0 Å². The molecule has 3 rings (SSSR count). The zero-order valence-electron chi connectivity index (χ0n) is 14.2. The molecule has 1 aliphatic carbocycles. The fourth-order valence-corrected chi connectivity index (χ4v) is 3.88. The van der Waals surface area contributed by atoms with Crippen molar-refractivity contribution < 1.29 is 14.1 Å². The highest BCUT2D eigenvalue weighted by atomic mass is 32.2. The molecule has 1 amide bonds. The molecule has 1 saturated carbocycles. The third kappa shape index (κ3) is 3.44. The Hall–Kier alpha value is -0.975. The summed E-state index contributed by atoms with van der Waals surface area (Å²) >= 11 is 1.55. The molecule has 0 bridgehead atoms. The van der Waals surface area contributed by atoms with Gasteiger partial charge in [-0.05, 0) is 64.1 Å². The Balaban J connectivity index is 1.77. The number of primary amides is 1. The molecule has 124 valence electrons. The number of hydrogen-bond acceptors (Lipinski definition) is 4. The summed E-state index contributed by atoms with van der Waals surface area (Å²) in [5.74, 6) is 0.205. The van der Waals surface area contributed by atoms with Gasteiger partial charge in [-0.1, -0.05) is 12.1 Å². The molecule has 2 fully saturated rings. The molecule has 1 aromatic rings. The monoisotopic (exact) mass is 333 g/mol. The van der Waals surface area contributed by atoms with Gasteiger partial charge in [-0.15, -0.1) is 11.8 Å². The van der Waals surface area contributed by atoms with Crippen LogP contribution in [-0.2, 0) is 14.1 Å². The fourth-order valence-electron chi connectivity index (χ4n) is 2.65. The first kappa shape index (κ1) is 16.9. The van der Waals surface area contributed by atoms with E-state index in [0.29, 0.717) is 5.92 Å². The molecule has 1 aliphatic heterocycles. The van der Waals surface area contributed by atoms with Crippen molar-refractivity contribution in [2.75, 3.05) is 0 Å². The van der Waals surface area contributed by atoms with Crippen molar-refractivity contribution >= 4 is 30.3 Å². The van der Waals surface area contributed by atoms with Gasteiger partial charge in [-0.3, -0.25) is 4.79 Å². The van der Waals surface area contributed by atoms with Gasteiger partial charge in [0, 0.05) is 4.90 Å². The second kappa shape index (κ2) is 5.83. The van der Waals surface area contributed by atoms with E-state index in [-0.39, 0.29) is 29.5 Å². The average molecular weight is 333 g/mol. The Morgan fingerprint density at radius 1 is 1.26 bits per heavy atom. The van der Waals surface area contributed by atoms with Gasteiger partial charge < -0.3 is 15.0 Å². The summed E-state index contributed by atoms with van der Waals surface area (Å²) in [5.41, 5.74) is 5.81. The van der Waals surface area contributed by atoms with Gasteiger partial charge in [-0.2, -0.15) is 0 Å². The number of thioether (sulfide) groups is 1. The second-order valence-corrected chi connectivity index (χ2v) is 8.65. The summed E-state index contributed by atoms with van der Waals surface area (Å²) in [6, 6.07) is 8.04. The summed E-state index contributed by atoms with van der Waals surface area (Å²) in [6.07, 6.45) is 2.19. The van der Waals surface area contributed by atoms with Crippen LogP contribution in [0.25, 0.3) is 0 Å². The van der Waals surface area contributed by atoms with Gasteiger partial charge in [0.05, 0.1) is 16.5 Å². The molecular weight excluding hydrogens is 309 g/mol. The minimum absolute atomic E-state index is 0.136. The maximum absolute atomic E-state index is 11.6. The van der Waals surface area contributed by atoms with E-state index in [1.54, 1.807) is 11.8 Å². The van der Waals surface area contributed by atoms with Crippen LogP contribution >= 0.6 is 11.8 Å². The van der Waals surface area contributed by atoms with Crippen LogP contribution in [0.2, 0.25) is 0 Å². The first-order valence-corrected chi connectivity index (χ1v) is 8.99. The van der Waals surface area contributed by atoms with Gasteiger partial charge >= 0.3 is 7.12 Å². The van der Waals surface area contributed by atoms with Crippen LogP contribution in [0.4, 0.5) is 0 Å². The predicted molar refractivity (Wildman–Crippen MR) is 93.7 cm³/mol. The van der Waals surface area contributed by atoms with Crippen molar-refractivity contribution in [1.82, 2.24) is 0 Å². The van der Waals surface area contributed by atoms with Crippen molar-refractivity contribution in [1.29, 1.82) is 0 Å². The van der Waals surface area contributed by atoms with Crippen LogP contribution in [0.3, 0.4) is 0 Å². The largest absolute Gasteiger partial charge is 0.494 e. The minimum atomic E-state index is -0.381. The molecule has 23 heavy (non-hydrogen) atoms. The standard InChI is InChI=1S/C17H24BNO3S/c1-16(2)17(3,4)22-18(21-16)12-6-5-7-13(10-12)23-14(15(19)20)11-8-9-11/h5-7,10-11,14H,8-9H2,1-4H3,(H2,19,20). The Bertz CT molecular complexity index is 600. The minimum Gasteiger partial charge on any atom is -0.399 e. The van der Waals surface area contributed by atoms with Crippen LogP contribution in [-0.4, -0.2) is 29.5 Å². The first-order valence-electron chi connectivity index (χ1n) is 8.11. The number of carbonyl (C=O) groups is 1. The van der Waals surface area contributed by atoms with Crippen molar-refractivity contribution in [3.63, 3.8) is 0 Å². The number of nitrogens with two attached hydrogens (primary N) is 1. The highest BCUT2D eigenvalue weighted by Gasteiger charge is 2.51. The summed E-state index contributed by atoms with van der Waals surface area (Å²) in [7, 11) is -0.381. The quantitative estimate of drug-likeness (QED) is 0.664. The number of benzene rings is 1. The molecule has 1 atom stereocenters. The Labute approximate surface area is 142 Å². The van der Waals surface area contributed by atoms with Crippen molar-refractivity contribution in [3.8, 4) is 0 Å². The number of amides is 1. The fraction of sp³-hybridized carbons (Fsp3) is 0.588. The number of hydrogen-bond donors (Lipinski definition) is 1. The Kier molecular flexibility index (Phi) is 4.28. The van der Waals surface area contributed by atoms with Gasteiger partial charge in [0.1, 0.15) is 0 Å². The van der Waals surface area contributed by atoms with Gasteiger partial charge in [0.2, 0.25) is 5.91 Å². The zero-order valence-corrected chi connectivity index (χ0v) is 15.0. The van der Waals surface area contributed by atoms with Crippen molar-refractivity contribution in [3.05, 3.63) is 24.3 Å². The summed E-state index contributed by atoms with van der Waals surface area (Å²) in [6.45, 7) is 8.17. The lowest BCUT2D eigenvalue weighted by atomic mass is 9.79.